The van der Waals surface area contributed by atoms with E-state index in [1.807, 2.05) is 87.5 Å². The second kappa shape index (κ2) is 10.1. The molecule has 4 aromatic rings. The molecule has 34 heavy (non-hydrogen) atoms. The van der Waals surface area contributed by atoms with Crippen molar-refractivity contribution in [2.24, 2.45) is 4.99 Å². The molecular weight excluding hydrogens is 424 g/mol. The average Bonchev–Trinajstić information content (AvgIpc) is 3.22. The van der Waals surface area contributed by atoms with Gasteiger partial charge < -0.3 is 13.9 Å². The third kappa shape index (κ3) is 4.72. The molecule has 0 amide bonds. The number of nitrogens with zero attached hydrogens (tertiary/aromatic N) is 2. The predicted octanol–water partition coefficient (Wildman–Crippen LogP) is 7.26. The summed E-state index contributed by atoms with van der Waals surface area (Å²) in [6.07, 6.45) is 1.67. The number of nitriles is 1. The Morgan fingerprint density at radius 1 is 0.912 bits per heavy atom. The minimum Gasteiger partial charge on any atom is -0.493 e. The van der Waals surface area contributed by atoms with Crippen molar-refractivity contribution >= 4 is 12.1 Å². The maximum absolute atomic E-state index is 10.1. The van der Waals surface area contributed by atoms with Crippen molar-refractivity contribution in [1.82, 2.24) is 0 Å². The van der Waals surface area contributed by atoms with Gasteiger partial charge in [-0.3, -0.25) is 0 Å². The molecule has 5 heteroatoms. The molecule has 0 fully saturated rings. The SMILES string of the molecule is CCOc1cc(C=Nc2oc(-c3ccc(C)cc3)c(-c3ccc(C)cc3)c2C#N)ccc1OC. The zero-order valence-electron chi connectivity index (χ0n) is 19.8. The van der Waals surface area contributed by atoms with Crippen LogP contribution in [0.15, 0.2) is 76.1 Å². The number of methoxy groups -OCH3 is 1. The summed E-state index contributed by atoms with van der Waals surface area (Å²) < 4.78 is 17.2. The smallest absolute Gasteiger partial charge is 0.238 e. The third-order valence-electron chi connectivity index (χ3n) is 5.47. The first-order chi connectivity index (χ1) is 16.5. The van der Waals surface area contributed by atoms with Gasteiger partial charge in [0, 0.05) is 17.3 Å². The largest absolute Gasteiger partial charge is 0.493 e. The average molecular weight is 451 g/mol. The Balaban J connectivity index is 1.83. The zero-order chi connectivity index (χ0) is 24.1. The summed E-state index contributed by atoms with van der Waals surface area (Å²) in [5.74, 6) is 2.17. The van der Waals surface area contributed by atoms with Crippen LogP contribution in [0.2, 0.25) is 0 Å². The van der Waals surface area contributed by atoms with Crippen LogP contribution in [0.1, 0.15) is 29.2 Å². The topological polar surface area (TPSA) is 67.8 Å². The molecule has 4 rings (SSSR count). The second-order valence-electron chi connectivity index (χ2n) is 7.93. The quantitative estimate of drug-likeness (QED) is 0.278. The highest BCUT2D eigenvalue weighted by Crippen LogP contribution is 2.42. The molecule has 1 aromatic heterocycles. The summed E-state index contributed by atoms with van der Waals surface area (Å²) in [6, 6.07) is 24.0. The number of rotatable bonds is 7. The maximum atomic E-state index is 10.1. The molecule has 0 radical (unpaired) electrons. The van der Waals surface area contributed by atoms with Crippen molar-refractivity contribution in [2.75, 3.05) is 13.7 Å². The fourth-order valence-corrected chi connectivity index (χ4v) is 3.69. The van der Waals surface area contributed by atoms with Crippen LogP contribution >= 0.6 is 0 Å². The normalized spacial score (nSPS) is 10.9. The van der Waals surface area contributed by atoms with Gasteiger partial charge in [-0.15, -0.1) is 0 Å². The van der Waals surface area contributed by atoms with Crippen LogP contribution in [0.4, 0.5) is 5.88 Å². The van der Waals surface area contributed by atoms with E-state index < -0.39 is 0 Å². The molecule has 170 valence electrons. The Kier molecular flexibility index (Phi) is 6.79. The lowest BCUT2D eigenvalue weighted by molar-refractivity contribution is 0.311. The minimum absolute atomic E-state index is 0.266. The highest BCUT2D eigenvalue weighted by Gasteiger charge is 2.22. The van der Waals surface area contributed by atoms with Crippen LogP contribution in [0.5, 0.6) is 11.5 Å². The molecule has 5 nitrogen and oxygen atoms in total. The first-order valence-electron chi connectivity index (χ1n) is 11.1. The molecule has 0 unspecified atom stereocenters. The standard InChI is InChI=1S/C29H26N2O3/c1-5-33-26-16-21(10-15-25(26)32-4)18-31-29-24(17-30)27(22-11-6-19(2)7-12-22)28(34-29)23-13-8-20(3)9-14-23/h6-16,18H,5H2,1-4H3. The Labute approximate surface area is 199 Å². The molecule has 0 saturated carbocycles. The van der Waals surface area contributed by atoms with Crippen LogP contribution < -0.4 is 9.47 Å². The van der Waals surface area contributed by atoms with Gasteiger partial charge in [-0.25, -0.2) is 4.99 Å². The van der Waals surface area contributed by atoms with Crippen LogP contribution in [0.25, 0.3) is 22.5 Å². The number of ether oxygens (including phenoxy) is 2. The number of furan rings is 1. The van der Waals surface area contributed by atoms with Gasteiger partial charge in [0.05, 0.1) is 13.7 Å². The Bertz CT molecular complexity index is 1360. The van der Waals surface area contributed by atoms with E-state index in [0.29, 0.717) is 29.4 Å². The molecule has 0 aliphatic carbocycles. The summed E-state index contributed by atoms with van der Waals surface area (Å²) >= 11 is 0. The Hall–Kier alpha value is -4.30. The highest BCUT2D eigenvalue weighted by atomic mass is 16.5. The number of hydrogen-bond acceptors (Lipinski definition) is 5. The first kappa shape index (κ1) is 22.9. The fraction of sp³-hybridized carbons (Fsp3) is 0.172. The number of benzene rings is 3. The van der Waals surface area contributed by atoms with Gasteiger partial charge in [0.25, 0.3) is 0 Å². The predicted molar refractivity (Wildman–Crippen MR) is 135 cm³/mol. The summed E-state index contributed by atoms with van der Waals surface area (Å²) in [5, 5.41) is 10.1. The maximum Gasteiger partial charge on any atom is 0.238 e. The van der Waals surface area contributed by atoms with E-state index in [1.165, 1.54) is 0 Å². The van der Waals surface area contributed by atoms with Gasteiger partial charge in [-0.2, -0.15) is 5.26 Å². The van der Waals surface area contributed by atoms with Gasteiger partial charge in [-0.1, -0.05) is 59.7 Å². The minimum atomic E-state index is 0.266. The number of aryl methyl sites for hydroxylation is 2. The molecular formula is C29H26N2O3. The third-order valence-corrected chi connectivity index (χ3v) is 5.47. The Morgan fingerprint density at radius 3 is 2.15 bits per heavy atom. The number of hydrogen-bond donors (Lipinski definition) is 0. The number of aliphatic imine (C=N–C) groups is 1. The van der Waals surface area contributed by atoms with Crippen LogP contribution in [-0.4, -0.2) is 19.9 Å². The zero-order valence-corrected chi connectivity index (χ0v) is 19.8. The summed E-state index contributed by atoms with van der Waals surface area (Å²) in [6.45, 7) is 6.51. The van der Waals surface area contributed by atoms with Gasteiger partial charge >= 0.3 is 0 Å². The lowest BCUT2D eigenvalue weighted by Crippen LogP contribution is -1.96. The summed E-state index contributed by atoms with van der Waals surface area (Å²) in [5.41, 5.74) is 6.03. The molecule has 0 spiro atoms. The van der Waals surface area contributed by atoms with E-state index in [4.69, 9.17) is 13.9 Å². The Morgan fingerprint density at radius 2 is 1.56 bits per heavy atom. The molecule has 0 bridgehead atoms. The van der Waals surface area contributed by atoms with E-state index in [0.717, 1.165) is 33.4 Å². The molecule has 0 aliphatic rings. The molecule has 3 aromatic carbocycles. The van der Waals surface area contributed by atoms with E-state index in [1.54, 1.807) is 13.3 Å². The van der Waals surface area contributed by atoms with E-state index >= 15 is 0 Å². The van der Waals surface area contributed by atoms with Crippen molar-refractivity contribution in [2.45, 2.75) is 20.8 Å². The highest BCUT2D eigenvalue weighted by molar-refractivity contribution is 5.90. The second-order valence-corrected chi connectivity index (χ2v) is 7.93. The lowest BCUT2D eigenvalue weighted by atomic mass is 9.97. The van der Waals surface area contributed by atoms with Crippen molar-refractivity contribution < 1.29 is 13.9 Å². The van der Waals surface area contributed by atoms with Crippen molar-refractivity contribution in [3.05, 3.63) is 89.0 Å². The summed E-state index contributed by atoms with van der Waals surface area (Å²) in [4.78, 5) is 4.56. The van der Waals surface area contributed by atoms with Gasteiger partial charge in [-0.05, 0) is 50.1 Å². The van der Waals surface area contributed by atoms with Crippen LogP contribution in [0.3, 0.4) is 0 Å². The van der Waals surface area contributed by atoms with Gasteiger partial charge in [0.2, 0.25) is 5.88 Å². The lowest BCUT2D eigenvalue weighted by Gasteiger charge is -2.09. The van der Waals surface area contributed by atoms with E-state index in [2.05, 4.69) is 11.1 Å². The van der Waals surface area contributed by atoms with Crippen molar-refractivity contribution in [1.29, 1.82) is 5.26 Å². The molecule has 0 aliphatic heterocycles. The van der Waals surface area contributed by atoms with Gasteiger partial charge in [0.1, 0.15) is 17.4 Å². The fourth-order valence-electron chi connectivity index (χ4n) is 3.69. The van der Waals surface area contributed by atoms with Crippen molar-refractivity contribution in [3.63, 3.8) is 0 Å². The first-order valence-corrected chi connectivity index (χ1v) is 11.1. The van der Waals surface area contributed by atoms with Gasteiger partial charge in [0.15, 0.2) is 11.5 Å². The molecule has 0 saturated heterocycles. The van der Waals surface area contributed by atoms with Crippen LogP contribution in [0, 0.1) is 25.2 Å². The molecule has 0 N–H and O–H groups in total. The van der Waals surface area contributed by atoms with E-state index in [-0.39, 0.29) is 5.88 Å². The summed E-state index contributed by atoms with van der Waals surface area (Å²) in [7, 11) is 1.60. The van der Waals surface area contributed by atoms with E-state index in [9.17, 15) is 5.26 Å². The molecule has 1 heterocycles. The molecule has 0 atom stereocenters. The van der Waals surface area contributed by atoms with Crippen molar-refractivity contribution in [3.8, 4) is 40.0 Å². The monoisotopic (exact) mass is 450 g/mol. The van der Waals surface area contributed by atoms with Crippen LogP contribution in [-0.2, 0) is 0 Å².